The summed E-state index contributed by atoms with van der Waals surface area (Å²) in [6.45, 7) is 0. The SMILES string of the molecule is N#Cc1ccc2c(c1)C1(c3cc(Cl)ccc3-2)C2CC3CC(C2)CC1C3. The highest BCUT2D eigenvalue weighted by Crippen LogP contribution is 2.69. The van der Waals surface area contributed by atoms with Crippen LogP contribution in [0.15, 0.2) is 36.4 Å². The molecule has 0 N–H and O–H groups in total. The van der Waals surface area contributed by atoms with Gasteiger partial charge in [0.05, 0.1) is 11.6 Å². The number of halogens is 1. The fourth-order valence-corrected chi connectivity index (χ4v) is 7.41. The largest absolute Gasteiger partial charge is 0.192 e. The van der Waals surface area contributed by atoms with Gasteiger partial charge in [-0.05, 0) is 102 Å². The smallest absolute Gasteiger partial charge is 0.0991 e. The lowest BCUT2D eigenvalue weighted by atomic mass is 9.43. The molecule has 0 radical (unpaired) electrons. The van der Waals surface area contributed by atoms with Crippen molar-refractivity contribution in [2.24, 2.45) is 23.7 Å². The average Bonchev–Trinajstić information content (AvgIpc) is 2.88. The zero-order valence-electron chi connectivity index (χ0n) is 14.1. The molecule has 5 aliphatic rings. The van der Waals surface area contributed by atoms with Gasteiger partial charge in [0.1, 0.15) is 0 Å². The molecule has 1 nitrogen and oxygen atoms in total. The van der Waals surface area contributed by atoms with Gasteiger partial charge in [0.15, 0.2) is 0 Å². The summed E-state index contributed by atoms with van der Waals surface area (Å²) in [6.07, 6.45) is 6.88. The Morgan fingerprint density at radius 2 is 1.44 bits per heavy atom. The molecule has 0 heterocycles. The Kier molecular flexibility index (Phi) is 2.70. The van der Waals surface area contributed by atoms with Gasteiger partial charge in [-0.1, -0.05) is 23.7 Å². The van der Waals surface area contributed by atoms with Gasteiger partial charge in [-0.15, -0.1) is 0 Å². The van der Waals surface area contributed by atoms with E-state index in [4.69, 9.17) is 11.6 Å². The van der Waals surface area contributed by atoms with Crippen molar-refractivity contribution in [1.82, 2.24) is 0 Å². The lowest BCUT2D eigenvalue weighted by Gasteiger charge is -2.61. The quantitative estimate of drug-likeness (QED) is 0.580. The van der Waals surface area contributed by atoms with Crippen molar-refractivity contribution in [1.29, 1.82) is 5.26 Å². The molecule has 0 aromatic heterocycles. The second-order valence-electron chi connectivity index (χ2n) is 8.74. The van der Waals surface area contributed by atoms with E-state index < -0.39 is 0 Å². The number of benzene rings is 2. The van der Waals surface area contributed by atoms with Crippen LogP contribution in [0.25, 0.3) is 11.1 Å². The van der Waals surface area contributed by atoms with Crippen LogP contribution in [-0.4, -0.2) is 0 Å². The fourth-order valence-electron chi connectivity index (χ4n) is 7.24. The average molecular weight is 346 g/mol. The molecule has 5 aliphatic carbocycles. The van der Waals surface area contributed by atoms with E-state index in [1.54, 1.807) is 0 Å². The Bertz CT molecular complexity index is 923. The summed E-state index contributed by atoms with van der Waals surface area (Å²) in [7, 11) is 0. The molecule has 0 amide bonds. The van der Waals surface area contributed by atoms with Gasteiger partial charge in [0.2, 0.25) is 0 Å². The van der Waals surface area contributed by atoms with Crippen LogP contribution >= 0.6 is 11.6 Å². The van der Waals surface area contributed by atoms with Gasteiger partial charge < -0.3 is 0 Å². The van der Waals surface area contributed by atoms with E-state index in [0.29, 0.717) is 0 Å². The zero-order valence-corrected chi connectivity index (χ0v) is 14.9. The first-order valence-corrected chi connectivity index (χ1v) is 9.93. The molecule has 1 spiro atoms. The Hall–Kier alpha value is -1.78. The van der Waals surface area contributed by atoms with Crippen LogP contribution in [0, 0.1) is 35.0 Å². The lowest BCUT2D eigenvalue weighted by molar-refractivity contribution is -0.0399. The number of hydrogen-bond donors (Lipinski definition) is 0. The van der Waals surface area contributed by atoms with E-state index in [1.165, 1.54) is 54.4 Å². The molecule has 0 atom stereocenters. The molecular weight excluding hydrogens is 326 g/mol. The molecule has 25 heavy (non-hydrogen) atoms. The van der Waals surface area contributed by atoms with Crippen LogP contribution in [0.2, 0.25) is 5.02 Å². The Labute approximate surface area is 153 Å². The van der Waals surface area contributed by atoms with Crippen molar-refractivity contribution in [3.63, 3.8) is 0 Å². The molecule has 2 aromatic rings. The van der Waals surface area contributed by atoms with E-state index in [-0.39, 0.29) is 5.41 Å². The maximum atomic E-state index is 9.50. The normalized spacial score (nSPS) is 36.3. The van der Waals surface area contributed by atoms with Gasteiger partial charge >= 0.3 is 0 Å². The molecule has 7 rings (SSSR count). The fraction of sp³-hybridized carbons (Fsp3) is 0.435. The summed E-state index contributed by atoms with van der Waals surface area (Å²) in [5, 5.41) is 10.3. The summed E-state index contributed by atoms with van der Waals surface area (Å²) in [6, 6.07) is 15.2. The number of rotatable bonds is 0. The minimum absolute atomic E-state index is 0.107. The monoisotopic (exact) mass is 345 g/mol. The van der Waals surface area contributed by atoms with Gasteiger partial charge in [-0.2, -0.15) is 5.26 Å². The van der Waals surface area contributed by atoms with Crippen molar-refractivity contribution in [3.8, 4) is 17.2 Å². The maximum absolute atomic E-state index is 9.50. The molecule has 2 heteroatoms. The van der Waals surface area contributed by atoms with E-state index >= 15 is 0 Å². The van der Waals surface area contributed by atoms with E-state index in [2.05, 4.69) is 30.3 Å². The Morgan fingerprint density at radius 1 is 0.840 bits per heavy atom. The van der Waals surface area contributed by atoms with Crippen LogP contribution in [0.4, 0.5) is 0 Å². The van der Waals surface area contributed by atoms with Gasteiger partial charge in [-0.25, -0.2) is 0 Å². The molecule has 0 saturated heterocycles. The Morgan fingerprint density at radius 3 is 2.08 bits per heavy atom. The van der Waals surface area contributed by atoms with E-state index in [0.717, 1.165) is 34.3 Å². The van der Waals surface area contributed by atoms with Crippen molar-refractivity contribution < 1.29 is 0 Å². The molecule has 4 fully saturated rings. The predicted molar refractivity (Wildman–Crippen MR) is 99.4 cm³/mol. The molecule has 0 unspecified atom stereocenters. The standard InChI is InChI=1S/C23H20ClN/c24-18-2-4-20-19-3-1-13(12-25)10-21(19)23(22(20)11-18)16-6-14-5-15(8-16)9-17(23)7-14/h1-4,10-11,14-17H,5-9H2. The number of fused-ring (bicyclic) bond motifs is 3. The second kappa shape index (κ2) is 4.68. The van der Waals surface area contributed by atoms with Crippen LogP contribution in [-0.2, 0) is 5.41 Å². The topological polar surface area (TPSA) is 23.8 Å². The number of nitrogens with zero attached hydrogens (tertiary/aromatic N) is 1. The number of nitriles is 1. The van der Waals surface area contributed by atoms with E-state index in [1.807, 2.05) is 12.1 Å². The zero-order chi connectivity index (χ0) is 16.8. The van der Waals surface area contributed by atoms with Crippen molar-refractivity contribution >= 4 is 11.6 Å². The highest BCUT2D eigenvalue weighted by molar-refractivity contribution is 6.30. The summed E-state index contributed by atoms with van der Waals surface area (Å²) < 4.78 is 0. The summed E-state index contributed by atoms with van der Waals surface area (Å²) in [4.78, 5) is 0. The highest BCUT2D eigenvalue weighted by Gasteiger charge is 2.61. The van der Waals surface area contributed by atoms with Crippen LogP contribution < -0.4 is 0 Å². The Balaban J connectivity index is 1.69. The van der Waals surface area contributed by atoms with Gasteiger partial charge in [-0.3, -0.25) is 0 Å². The first kappa shape index (κ1) is 14.4. The minimum Gasteiger partial charge on any atom is -0.192 e. The maximum Gasteiger partial charge on any atom is 0.0991 e. The van der Waals surface area contributed by atoms with Crippen molar-refractivity contribution in [2.45, 2.75) is 37.5 Å². The van der Waals surface area contributed by atoms with Crippen molar-refractivity contribution in [3.05, 3.63) is 58.1 Å². The summed E-state index contributed by atoms with van der Waals surface area (Å²) in [5.74, 6) is 3.30. The molecule has 124 valence electrons. The minimum atomic E-state index is 0.107. The third-order valence-corrected chi connectivity index (χ3v) is 7.97. The van der Waals surface area contributed by atoms with Crippen LogP contribution in [0.1, 0.15) is 48.8 Å². The predicted octanol–water partition coefficient (Wildman–Crippen LogP) is 5.93. The molecule has 0 aliphatic heterocycles. The molecule has 4 saturated carbocycles. The van der Waals surface area contributed by atoms with Crippen LogP contribution in [0.5, 0.6) is 0 Å². The lowest BCUT2D eigenvalue weighted by Crippen LogP contribution is -2.55. The number of hydrogen-bond acceptors (Lipinski definition) is 1. The van der Waals surface area contributed by atoms with Gasteiger partial charge in [0, 0.05) is 10.4 Å². The third kappa shape index (κ3) is 1.65. The second-order valence-corrected chi connectivity index (χ2v) is 9.17. The summed E-state index contributed by atoms with van der Waals surface area (Å²) in [5.41, 5.74) is 6.49. The van der Waals surface area contributed by atoms with Crippen LogP contribution in [0.3, 0.4) is 0 Å². The first-order chi connectivity index (χ1) is 12.2. The summed E-state index contributed by atoms with van der Waals surface area (Å²) >= 11 is 6.47. The first-order valence-electron chi connectivity index (χ1n) is 9.55. The molecular formula is C23H20ClN. The van der Waals surface area contributed by atoms with Gasteiger partial charge in [0.25, 0.3) is 0 Å². The molecule has 4 bridgehead atoms. The highest BCUT2D eigenvalue weighted by atomic mass is 35.5. The third-order valence-electron chi connectivity index (χ3n) is 7.74. The van der Waals surface area contributed by atoms with E-state index in [9.17, 15) is 5.26 Å². The van der Waals surface area contributed by atoms with Crippen molar-refractivity contribution in [2.75, 3.05) is 0 Å². The molecule has 2 aromatic carbocycles.